The Kier molecular flexibility index (Phi) is 5.45. The Hall–Kier alpha value is -7.76. The fraction of sp³-hybridized carbons (Fsp3) is 0. The smallest absolute Gasteiger partial charge is 0.237 e. The molecule has 57 heavy (non-hydrogen) atoms. The third-order valence-electron chi connectivity index (χ3n) is 12.5. The summed E-state index contributed by atoms with van der Waals surface area (Å²) in [5.41, 5.74) is 9.01. The second-order valence-electron chi connectivity index (χ2n) is 15.4. The minimum atomic E-state index is 0.646. The highest BCUT2D eigenvalue weighted by molar-refractivity contribution is 6.34. The van der Waals surface area contributed by atoms with Gasteiger partial charge in [0.15, 0.2) is 5.82 Å². The van der Waals surface area contributed by atoms with Gasteiger partial charge in [0.1, 0.15) is 0 Å². The summed E-state index contributed by atoms with van der Waals surface area (Å²) in [6.45, 7) is 0. The van der Waals surface area contributed by atoms with E-state index in [-0.39, 0.29) is 0 Å². The minimum absolute atomic E-state index is 0.646. The van der Waals surface area contributed by atoms with Crippen molar-refractivity contribution in [2.24, 2.45) is 0 Å². The Morgan fingerprint density at radius 1 is 0.316 bits per heavy atom. The molecule has 0 N–H and O–H groups in total. The minimum Gasteiger partial charge on any atom is -0.308 e. The molecule has 5 heteroatoms. The molecule has 0 aliphatic carbocycles. The fourth-order valence-corrected chi connectivity index (χ4v) is 10.2. The molecule has 14 rings (SSSR count). The van der Waals surface area contributed by atoms with E-state index in [0.29, 0.717) is 5.95 Å². The number of para-hydroxylation sites is 4. The van der Waals surface area contributed by atoms with E-state index >= 15 is 0 Å². The summed E-state index contributed by atoms with van der Waals surface area (Å²) in [5.74, 6) is 1.51. The largest absolute Gasteiger partial charge is 0.308 e. The standard InChI is InChI=1S/C52H29N5/c1-2-15-32-28-46-38(27-31(32)14-1)40-29-39-34-17-6-10-22-42(34)55-43-23-11-8-20-37(43)48(49(39)55)50(40)57(46)51-35-18-5-9-21-41(35)53-52(54-51)56-44-24-12-7-19-36(44)47-33-16-4-3-13-30(33)25-26-45(47)56/h1-29H. The molecule has 0 radical (unpaired) electrons. The van der Waals surface area contributed by atoms with E-state index in [0.717, 1.165) is 38.8 Å². The number of hydrogen-bond donors (Lipinski definition) is 0. The number of aromatic nitrogens is 5. The van der Waals surface area contributed by atoms with Crippen molar-refractivity contribution in [3.8, 4) is 11.8 Å². The molecule has 262 valence electrons. The topological polar surface area (TPSA) is 40.0 Å². The lowest BCUT2D eigenvalue weighted by Crippen LogP contribution is -2.07. The summed E-state index contributed by atoms with van der Waals surface area (Å²) in [4.78, 5) is 11.1. The van der Waals surface area contributed by atoms with Gasteiger partial charge < -0.3 is 4.40 Å². The van der Waals surface area contributed by atoms with Crippen LogP contribution in [0.4, 0.5) is 0 Å². The molecule has 0 aliphatic heterocycles. The quantitative estimate of drug-likeness (QED) is 0.178. The van der Waals surface area contributed by atoms with Gasteiger partial charge in [-0.05, 0) is 76.1 Å². The Bertz CT molecular complexity index is 4050. The maximum absolute atomic E-state index is 5.73. The summed E-state index contributed by atoms with van der Waals surface area (Å²) in [6, 6.07) is 63.9. The van der Waals surface area contributed by atoms with E-state index in [9.17, 15) is 0 Å². The van der Waals surface area contributed by atoms with Gasteiger partial charge in [0.25, 0.3) is 0 Å². The monoisotopic (exact) mass is 723 g/mol. The van der Waals surface area contributed by atoms with E-state index in [1.165, 1.54) is 81.2 Å². The third-order valence-corrected chi connectivity index (χ3v) is 12.5. The Morgan fingerprint density at radius 2 is 0.912 bits per heavy atom. The highest BCUT2D eigenvalue weighted by Gasteiger charge is 2.27. The van der Waals surface area contributed by atoms with Crippen molar-refractivity contribution in [1.82, 2.24) is 23.5 Å². The number of rotatable bonds is 2. The summed E-state index contributed by atoms with van der Waals surface area (Å²) < 4.78 is 7.19. The first-order valence-corrected chi connectivity index (χ1v) is 19.5. The molecular formula is C52H29N5. The molecule has 0 bridgehead atoms. The van der Waals surface area contributed by atoms with Crippen LogP contribution in [-0.4, -0.2) is 23.5 Å². The Labute approximate surface area is 324 Å². The molecule has 0 fully saturated rings. The van der Waals surface area contributed by atoms with Crippen molar-refractivity contribution in [3.05, 3.63) is 176 Å². The summed E-state index contributed by atoms with van der Waals surface area (Å²) in [6.07, 6.45) is 0. The van der Waals surface area contributed by atoms with Crippen LogP contribution in [0.5, 0.6) is 0 Å². The van der Waals surface area contributed by atoms with Gasteiger partial charge in [0.2, 0.25) is 5.95 Å². The second-order valence-corrected chi connectivity index (χ2v) is 15.4. The molecule has 5 heterocycles. The van der Waals surface area contributed by atoms with Crippen molar-refractivity contribution in [2.75, 3.05) is 0 Å². The van der Waals surface area contributed by atoms with E-state index in [1.807, 2.05) is 0 Å². The maximum atomic E-state index is 5.73. The molecule has 0 amide bonds. The van der Waals surface area contributed by atoms with Crippen molar-refractivity contribution in [2.45, 2.75) is 0 Å². The predicted octanol–water partition coefficient (Wildman–Crippen LogP) is 13.3. The average Bonchev–Trinajstić information content (AvgIpc) is 3.99. The van der Waals surface area contributed by atoms with Gasteiger partial charge in [-0.2, -0.15) is 4.98 Å². The fourth-order valence-electron chi connectivity index (χ4n) is 10.2. The molecule has 0 spiro atoms. The highest BCUT2D eigenvalue weighted by Crippen LogP contribution is 2.47. The second kappa shape index (κ2) is 10.5. The molecule has 14 aromatic rings. The van der Waals surface area contributed by atoms with E-state index in [2.05, 4.69) is 189 Å². The van der Waals surface area contributed by atoms with Gasteiger partial charge in [-0.25, -0.2) is 4.98 Å². The highest BCUT2D eigenvalue weighted by atomic mass is 15.2. The summed E-state index contributed by atoms with van der Waals surface area (Å²) >= 11 is 0. The van der Waals surface area contributed by atoms with Crippen molar-refractivity contribution in [3.63, 3.8) is 0 Å². The van der Waals surface area contributed by atoms with Crippen LogP contribution in [0.3, 0.4) is 0 Å². The lowest BCUT2D eigenvalue weighted by Gasteiger charge is -2.15. The van der Waals surface area contributed by atoms with E-state index < -0.39 is 0 Å². The van der Waals surface area contributed by atoms with Crippen molar-refractivity contribution < 1.29 is 0 Å². The van der Waals surface area contributed by atoms with Crippen LogP contribution < -0.4 is 0 Å². The van der Waals surface area contributed by atoms with Crippen LogP contribution in [-0.2, 0) is 0 Å². The average molecular weight is 724 g/mol. The molecule has 0 aliphatic rings. The summed E-state index contributed by atoms with van der Waals surface area (Å²) in [5, 5.41) is 15.7. The summed E-state index contributed by atoms with van der Waals surface area (Å²) in [7, 11) is 0. The first-order valence-electron chi connectivity index (χ1n) is 19.5. The molecular weight excluding hydrogens is 695 g/mol. The van der Waals surface area contributed by atoms with Crippen LogP contribution in [0, 0.1) is 0 Å². The molecule has 0 saturated heterocycles. The van der Waals surface area contributed by atoms with Crippen molar-refractivity contribution in [1.29, 1.82) is 0 Å². The van der Waals surface area contributed by atoms with Gasteiger partial charge in [0, 0.05) is 48.5 Å². The van der Waals surface area contributed by atoms with Gasteiger partial charge >= 0.3 is 0 Å². The molecule has 0 atom stereocenters. The lowest BCUT2D eigenvalue weighted by molar-refractivity contribution is 0.974. The number of fused-ring (bicyclic) bond motifs is 17. The third kappa shape index (κ3) is 3.69. The van der Waals surface area contributed by atoms with Crippen LogP contribution in [0.2, 0.25) is 0 Å². The Morgan fingerprint density at radius 3 is 1.72 bits per heavy atom. The molecule has 0 unspecified atom stereocenters. The zero-order chi connectivity index (χ0) is 36.9. The van der Waals surface area contributed by atoms with E-state index in [1.54, 1.807) is 0 Å². The Balaban J connectivity index is 1.22. The van der Waals surface area contributed by atoms with Gasteiger partial charge in [-0.1, -0.05) is 121 Å². The van der Waals surface area contributed by atoms with Gasteiger partial charge in [-0.15, -0.1) is 0 Å². The van der Waals surface area contributed by atoms with Crippen molar-refractivity contribution >= 4 is 114 Å². The van der Waals surface area contributed by atoms with Crippen LogP contribution in [0.15, 0.2) is 176 Å². The number of benzene rings is 9. The lowest BCUT2D eigenvalue weighted by atomic mass is 10.0. The van der Waals surface area contributed by atoms with Gasteiger partial charge in [0.05, 0.1) is 44.1 Å². The SMILES string of the molecule is c1ccc2cc3c(cc2c1)c1cc2c4ccccc4n4c5ccccc5c(c1n3-c1nc(-n3c5ccccc5c5c6ccccc6ccc53)nc3ccccc13)c24. The first-order chi connectivity index (χ1) is 28.3. The molecule has 9 aromatic carbocycles. The zero-order valence-corrected chi connectivity index (χ0v) is 30.5. The number of nitrogens with zero attached hydrogens (tertiary/aromatic N) is 5. The van der Waals surface area contributed by atoms with Crippen LogP contribution in [0.25, 0.3) is 126 Å². The van der Waals surface area contributed by atoms with Crippen LogP contribution in [0.1, 0.15) is 0 Å². The van der Waals surface area contributed by atoms with Gasteiger partial charge in [-0.3, -0.25) is 9.13 Å². The molecule has 5 aromatic heterocycles. The first kappa shape index (κ1) is 29.6. The number of hydrogen-bond acceptors (Lipinski definition) is 2. The van der Waals surface area contributed by atoms with Crippen LogP contribution >= 0.6 is 0 Å². The molecule has 5 nitrogen and oxygen atoms in total. The normalized spacial score (nSPS) is 12.6. The van der Waals surface area contributed by atoms with E-state index in [4.69, 9.17) is 9.97 Å². The predicted molar refractivity (Wildman–Crippen MR) is 238 cm³/mol. The maximum Gasteiger partial charge on any atom is 0.237 e. The molecule has 0 saturated carbocycles. The zero-order valence-electron chi connectivity index (χ0n) is 30.5.